The molecule has 76 valence electrons. The third kappa shape index (κ3) is 1.11. The second kappa shape index (κ2) is 2.76. The summed E-state index contributed by atoms with van der Waals surface area (Å²) in [6, 6.07) is 5.74. The Hall–Kier alpha value is -1.97. The minimum atomic E-state index is 0.546. The highest BCUT2D eigenvalue weighted by atomic mass is 16.5. The molecule has 1 aromatic carbocycles. The van der Waals surface area contributed by atoms with Crippen LogP contribution >= 0.6 is 0 Å². The molecule has 0 atom stereocenters. The fourth-order valence-electron chi connectivity index (χ4n) is 1.92. The minimum absolute atomic E-state index is 0.546. The average molecular weight is 201 g/mol. The summed E-state index contributed by atoms with van der Waals surface area (Å²) < 4.78 is 7.41. The Morgan fingerprint density at radius 3 is 3.20 bits per heavy atom. The molecular weight excluding hydrogens is 190 g/mol. The number of aryl methyl sites for hydroxylation is 1. The van der Waals surface area contributed by atoms with Gasteiger partial charge in [0.15, 0.2) is 5.75 Å². The smallest absolute Gasteiger partial charge is 0.152 e. The number of nitrogens with zero attached hydrogens (tertiary/aromatic N) is 2. The number of para-hydroxylation sites is 1. The number of hydrogen-bond donors (Lipinski definition) is 1. The van der Waals surface area contributed by atoms with Gasteiger partial charge in [0.05, 0.1) is 5.69 Å². The molecule has 1 aromatic heterocycles. The van der Waals surface area contributed by atoms with Crippen molar-refractivity contribution >= 4 is 5.69 Å². The van der Waals surface area contributed by atoms with Crippen LogP contribution in [0.4, 0.5) is 5.69 Å². The van der Waals surface area contributed by atoms with E-state index in [9.17, 15) is 0 Å². The Balaban J connectivity index is 2.29. The van der Waals surface area contributed by atoms with E-state index in [1.165, 1.54) is 0 Å². The zero-order valence-corrected chi connectivity index (χ0v) is 8.40. The lowest BCUT2D eigenvalue weighted by Crippen LogP contribution is -2.06. The van der Waals surface area contributed by atoms with Crippen molar-refractivity contribution in [3.8, 4) is 17.0 Å². The third-order valence-electron chi connectivity index (χ3n) is 2.58. The Bertz CT molecular complexity index is 531. The monoisotopic (exact) mass is 201 g/mol. The van der Waals surface area contributed by atoms with E-state index in [2.05, 4.69) is 5.10 Å². The first-order chi connectivity index (χ1) is 7.25. The van der Waals surface area contributed by atoms with Gasteiger partial charge in [0.25, 0.3) is 0 Å². The molecule has 1 aliphatic rings. The van der Waals surface area contributed by atoms with Gasteiger partial charge in [-0.3, -0.25) is 4.68 Å². The molecule has 0 amide bonds. The molecular formula is C11H11N3O. The second-order valence-electron chi connectivity index (χ2n) is 3.69. The van der Waals surface area contributed by atoms with E-state index < -0.39 is 0 Å². The van der Waals surface area contributed by atoms with Gasteiger partial charge in [0, 0.05) is 24.4 Å². The molecule has 0 bridgehead atoms. The summed E-state index contributed by atoms with van der Waals surface area (Å²) in [4.78, 5) is 0. The fraction of sp³-hybridized carbons (Fsp3) is 0.182. The van der Waals surface area contributed by atoms with Crippen LogP contribution in [0.25, 0.3) is 11.3 Å². The van der Waals surface area contributed by atoms with Crippen molar-refractivity contribution in [2.75, 3.05) is 5.73 Å². The summed E-state index contributed by atoms with van der Waals surface area (Å²) in [7, 11) is 1.91. The average Bonchev–Trinajstić information content (AvgIpc) is 2.59. The summed E-state index contributed by atoms with van der Waals surface area (Å²) in [5.74, 6) is 0.753. The Labute approximate surface area is 87.3 Å². The summed E-state index contributed by atoms with van der Waals surface area (Å²) in [5, 5.41) is 4.41. The number of hydrogen-bond acceptors (Lipinski definition) is 3. The lowest BCUT2D eigenvalue weighted by atomic mass is 10.0. The molecule has 4 heteroatoms. The van der Waals surface area contributed by atoms with E-state index in [0.717, 1.165) is 22.6 Å². The maximum absolute atomic E-state index is 5.85. The molecule has 4 nitrogen and oxygen atoms in total. The highest BCUT2D eigenvalue weighted by Gasteiger charge is 2.21. The van der Waals surface area contributed by atoms with Crippen LogP contribution < -0.4 is 10.5 Å². The van der Waals surface area contributed by atoms with Crippen molar-refractivity contribution in [2.24, 2.45) is 7.05 Å². The highest BCUT2D eigenvalue weighted by molar-refractivity contribution is 5.78. The number of nitrogens with two attached hydrogens (primary N) is 1. The van der Waals surface area contributed by atoms with Crippen LogP contribution in [0.15, 0.2) is 24.4 Å². The summed E-state index contributed by atoms with van der Waals surface area (Å²) in [6.45, 7) is 0.546. The normalized spacial score (nSPS) is 12.9. The number of fused-ring (bicyclic) bond motifs is 3. The van der Waals surface area contributed by atoms with Crippen molar-refractivity contribution in [2.45, 2.75) is 6.61 Å². The zero-order chi connectivity index (χ0) is 10.4. The van der Waals surface area contributed by atoms with E-state index in [0.29, 0.717) is 12.3 Å². The zero-order valence-electron chi connectivity index (χ0n) is 8.40. The molecule has 2 aromatic rings. The highest BCUT2D eigenvalue weighted by Crippen LogP contribution is 2.39. The van der Waals surface area contributed by atoms with E-state index in [1.807, 2.05) is 31.4 Å². The van der Waals surface area contributed by atoms with Crippen LogP contribution in [-0.2, 0) is 13.7 Å². The molecule has 0 aliphatic carbocycles. The molecule has 1 aliphatic heterocycles. The van der Waals surface area contributed by atoms with Gasteiger partial charge in [0.1, 0.15) is 12.3 Å². The van der Waals surface area contributed by atoms with E-state index in [4.69, 9.17) is 10.5 Å². The first-order valence-electron chi connectivity index (χ1n) is 4.80. The molecule has 0 fully saturated rings. The predicted molar refractivity (Wildman–Crippen MR) is 57.4 cm³/mol. The summed E-state index contributed by atoms with van der Waals surface area (Å²) >= 11 is 0. The van der Waals surface area contributed by atoms with Crippen LogP contribution in [0.2, 0.25) is 0 Å². The van der Waals surface area contributed by atoms with Crippen LogP contribution in [0.5, 0.6) is 5.75 Å². The van der Waals surface area contributed by atoms with Gasteiger partial charge in [-0.25, -0.2) is 0 Å². The lowest BCUT2D eigenvalue weighted by molar-refractivity contribution is 0.304. The molecule has 15 heavy (non-hydrogen) atoms. The quantitative estimate of drug-likeness (QED) is 0.658. The maximum Gasteiger partial charge on any atom is 0.152 e. The van der Waals surface area contributed by atoms with Gasteiger partial charge in [-0.15, -0.1) is 0 Å². The van der Waals surface area contributed by atoms with Gasteiger partial charge in [-0.1, -0.05) is 6.07 Å². The molecule has 3 rings (SSSR count). The SMILES string of the molecule is Cn1cc2c(n1)-c1cccc(N)c1OC2. The fourth-order valence-corrected chi connectivity index (χ4v) is 1.92. The number of ether oxygens (including phenoxy) is 1. The van der Waals surface area contributed by atoms with Crippen molar-refractivity contribution in [1.29, 1.82) is 0 Å². The van der Waals surface area contributed by atoms with Crippen LogP contribution in [0, 0.1) is 0 Å². The lowest BCUT2D eigenvalue weighted by Gasteiger charge is -2.17. The molecule has 2 heterocycles. The summed E-state index contributed by atoms with van der Waals surface area (Å²) in [5.41, 5.74) is 9.58. The molecule has 0 saturated carbocycles. The van der Waals surface area contributed by atoms with Crippen molar-refractivity contribution in [1.82, 2.24) is 9.78 Å². The van der Waals surface area contributed by atoms with Gasteiger partial charge in [-0.2, -0.15) is 5.10 Å². The first-order valence-corrected chi connectivity index (χ1v) is 4.80. The van der Waals surface area contributed by atoms with Crippen molar-refractivity contribution < 1.29 is 4.74 Å². The number of anilines is 1. The molecule has 0 spiro atoms. The Morgan fingerprint density at radius 1 is 1.47 bits per heavy atom. The van der Waals surface area contributed by atoms with E-state index in [1.54, 1.807) is 4.68 Å². The summed E-state index contributed by atoms with van der Waals surface area (Å²) in [6.07, 6.45) is 1.97. The van der Waals surface area contributed by atoms with Gasteiger partial charge in [0.2, 0.25) is 0 Å². The molecule has 0 radical (unpaired) electrons. The third-order valence-corrected chi connectivity index (χ3v) is 2.58. The minimum Gasteiger partial charge on any atom is -0.486 e. The second-order valence-corrected chi connectivity index (χ2v) is 3.69. The maximum atomic E-state index is 5.85. The van der Waals surface area contributed by atoms with Crippen LogP contribution in [0.1, 0.15) is 5.56 Å². The van der Waals surface area contributed by atoms with Gasteiger partial charge >= 0.3 is 0 Å². The topological polar surface area (TPSA) is 53.1 Å². The number of nitrogen functional groups attached to an aromatic ring is 1. The molecule has 0 saturated heterocycles. The van der Waals surface area contributed by atoms with Crippen LogP contribution in [0.3, 0.4) is 0 Å². The number of rotatable bonds is 0. The predicted octanol–water partition coefficient (Wildman–Crippen LogP) is 1.56. The number of benzene rings is 1. The molecule has 0 unspecified atom stereocenters. The standard InChI is InChI=1S/C11H11N3O/c1-14-5-7-6-15-11-8(10(7)13-14)3-2-4-9(11)12/h2-5H,6,12H2,1H3. The Kier molecular flexibility index (Phi) is 1.54. The van der Waals surface area contributed by atoms with Gasteiger partial charge in [-0.05, 0) is 12.1 Å². The number of aromatic nitrogens is 2. The Morgan fingerprint density at radius 2 is 2.33 bits per heavy atom. The van der Waals surface area contributed by atoms with Crippen molar-refractivity contribution in [3.63, 3.8) is 0 Å². The van der Waals surface area contributed by atoms with Gasteiger partial charge < -0.3 is 10.5 Å². The van der Waals surface area contributed by atoms with Crippen LogP contribution in [-0.4, -0.2) is 9.78 Å². The first kappa shape index (κ1) is 8.35. The van der Waals surface area contributed by atoms with Crippen molar-refractivity contribution in [3.05, 3.63) is 30.0 Å². The molecule has 2 N–H and O–H groups in total. The largest absolute Gasteiger partial charge is 0.486 e. The van der Waals surface area contributed by atoms with E-state index in [-0.39, 0.29) is 0 Å². The van der Waals surface area contributed by atoms with E-state index >= 15 is 0 Å².